The lowest BCUT2D eigenvalue weighted by molar-refractivity contribution is -0.158. The van der Waals surface area contributed by atoms with E-state index in [4.69, 9.17) is 4.74 Å². The molecule has 3 fully saturated rings. The summed E-state index contributed by atoms with van der Waals surface area (Å²) in [5.74, 6) is -2.10. The predicted molar refractivity (Wildman–Crippen MR) is 177 cm³/mol. The lowest BCUT2D eigenvalue weighted by atomic mass is 9.62. The Balaban J connectivity index is 1.80. The SMILES string of the molecule is C=CCN(Cc1ccccc1)C(=O)[C@H]1[C@H]2C(=O)N(CCCCO)C(C(=O)N(CC=C)C(C)(C)CC(C)(C)C)C23CC(C)[C@]1(C)O3. The highest BCUT2D eigenvalue weighted by molar-refractivity contribution is 5.99. The minimum Gasteiger partial charge on any atom is -0.396 e. The Labute approximate surface area is 270 Å². The average Bonchev–Trinajstić information content (AvgIpc) is 3.46. The van der Waals surface area contributed by atoms with Crippen molar-refractivity contribution in [1.29, 1.82) is 0 Å². The fraction of sp³-hybridized carbons (Fsp3) is 0.649. The molecule has 3 amide bonds. The average molecular weight is 622 g/mol. The van der Waals surface area contributed by atoms with Gasteiger partial charge in [0.15, 0.2) is 0 Å². The van der Waals surface area contributed by atoms with E-state index in [-0.39, 0.29) is 35.7 Å². The molecule has 1 spiro atoms. The van der Waals surface area contributed by atoms with Crippen LogP contribution in [-0.2, 0) is 25.7 Å². The molecule has 3 saturated heterocycles. The summed E-state index contributed by atoms with van der Waals surface area (Å²) in [6, 6.07) is 8.93. The second-order valence-electron chi connectivity index (χ2n) is 15.4. The number of carbonyl (C=O) groups is 3. The first kappa shape index (κ1) is 34.9. The summed E-state index contributed by atoms with van der Waals surface area (Å²) in [5, 5.41) is 9.56. The monoisotopic (exact) mass is 621 g/mol. The summed E-state index contributed by atoms with van der Waals surface area (Å²) in [4.78, 5) is 49.6. The van der Waals surface area contributed by atoms with Crippen LogP contribution in [0.5, 0.6) is 0 Å². The highest BCUT2D eigenvalue weighted by Crippen LogP contribution is 2.65. The van der Waals surface area contributed by atoms with Gasteiger partial charge in [-0.3, -0.25) is 14.4 Å². The summed E-state index contributed by atoms with van der Waals surface area (Å²) in [6.07, 6.45) is 5.76. The third kappa shape index (κ3) is 6.37. The van der Waals surface area contributed by atoms with Gasteiger partial charge in [-0.15, -0.1) is 13.2 Å². The van der Waals surface area contributed by atoms with E-state index in [9.17, 15) is 19.5 Å². The number of hydrogen-bond donors (Lipinski definition) is 1. The minimum atomic E-state index is -1.13. The lowest BCUT2D eigenvalue weighted by Crippen LogP contribution is -2.61. The highest BCUT2D eigenvalue weighted by atomic mass is 16.5. The molecule has 2 bridgehead atoms. The first-order valence-electron chi connectivity index (χ1n) is 16.6. The molecule has 1 aromatic carbocycles. The van der Waals surface area contributed by atoms with Gasteiger partial charge in [-0.2, -0.15) is 0 Å². The van der Waals surface area contributed by atoms with E-state index in [1.165, 1.54) is 0 Å². The standard InChI is InChI=1S/C37H55N3O5/c1-10-19-38(24-27-17-13-12-14-18-27)31(42)28-29-32(43)39(21-15-16-22-41)30(37(29)23-26(3)36(28,9)45-37)33(44)40(20-11-2)35(7,8)25-34(4,5)6/h10-14,17-18,26,28-30,41H,1-2,15-16,19-25H2,3-9H3/t26?,28-,29+,30?,36+,37?/m1/s1. The van der Waals surface area contributed by atoms with Crippen molar-refractivity contribution in [2.24, 2.45) is 23.2 Å². The summed E-state index contributed by atoms with van der Waals surface area (Å²) >= 11 is 0. The van der Waals surface area contributed by atoms with Gasteiger partial charge in [-0.05, 0) is 63.4 Å². The van der Waals surface area contributed by atoms with E-state index in [1.807, 2.05) is 42.2 Å². The quantitative estimate of drug-likeness (QED) is 0.228. The molecule has 3 heterocycles. The number of fused-ring (bicyclic) bond motifs is 1. The Morgan fingerprint density at radius 2 is 1.71 bits per heavy atom. The lowest BCUT2D eigenvalue weighted by Gasteiger charge is -2.45. The summed E-state index contributed by atoms with van der Waals surface area (Å²) in [7, 11) is 0. The van der Waals surface area contributed by atoms with Crippen LogP contribution in [0.15, 0.2) is 55.6 Å². The normalized spacial score (nSPS) is 29.1. The number of ether oxygens (including phenoxy) is 1. The van der Waals surface area contributed by atoms with Crippen LogP contribution in [0.3, 0.4) is 0 Å². The molecule has 4 rings (SSSR count). The summed E-state index contributed by atoms with van der Waals surface area (Å²) in [5.41, 5.74) is -1.64. The van der Waals surface area contributed by atoms with Crippen molar-refractivity contribution in [1.82, 2.24) is 14.7 Å². The van der Waals surface area contributed by atoms with E-state index in [0.717, 1.165) is 12.0 Å². The van der Waals surface area contributed by atoms with Gasteiger partial charge >= 0.3 is 0 Å². The number of aliphatic hydroxyl groups is 1. The van der Waals surface area contributed by atoms with E-state index in [1.54, 1.807) is 22.0 Å². The molecule has 8 nitrogen and oxygen atoms in total. The van der Waals surface area contributed by atoms with Crippen molar-refractivity contribution < 1.29 is 24.2 Å². The molecule has 3 aliphatic rings. The van der Waals surface area contributed by atoms with Crippen molar-refractivity contribution in [3.05, 3.63) is 61.2 Å². The number of unbranched alkanes of at least 4 members (excludes halogenated alkanes) is 1. The third-order valence-corrected chi connectivity index (χ3v) is 10.3. The zero-order chi connectivity index (χ0) is 33.4. The Morgan fingerprint density at radius 1 is 1.07 bits per heavy atom. The van der Waals surface area contributed by atoms with Crippen LogP contribution in [0, 0.1) is 23.2 Å². The Morgan fingerprint density at radius 3 is 2.29 bits per heavy atom. The van der Waals surface area contributed by atoms with Gasteiger partial charge in [0, 0.05) is 38.3 Å². The summed E-state index contributed by atoms with van der Waals surface area (Å²) < 4.78 is 7.02. The number of amides is 3. The Hall–Kier alpha value is -2.97. The van der Waals surface area contributed by atoms with Crippen molar-refractivity contribution >= 4 is 17.7 Å². The summed E-state index contributed by atoms with van der Waals surface area (Å²) in [6.45, 7) is 23.9. The van der Waals surface area contributed by atoms with Crippen molar-refractivity contribution in [3.63, 3.8) is 0 Å². The number of nitrogens with zero attached hydrogens (tertiary/aromatic N) is 3. The van der Waals surface area contributed by atoms with Crippen LogP contribution in [0.1, 0.15) is 79.7 Å². The molecule has 45 heavy (non-hydrogen) atoms. The molecular weight excluding hydrogens is 566 g/mol. The van der Waals surface area contributed by atoms with Gasteiger partial charge in [0.2, 0.25) is 17.7 Å². The molecule has 3 unspecified atom stereocenters. The molecule has 248 valence electrons. The second-order valence-corrected chi connectivity index (χ2v) is 15.4. The largest absolute Gasteiger partial charge is 0.396 e. The maximum Gasteiger partial charge on any atom is 0.249 e. The van der Waals surface area contributed by atoms with Gasteiger partial charge in [0.05, 0.1) is 17.4 Å². The zero-order valence-electron chi connectivity index (χ0n) is 28.6. The highest BCUT2D eigenvalue weighted by Gasteiger charge is 2.80. The fourth-order valence-corrected chi connectivity index (χ4v) is 8.72. The van der Waals surface area contributed by atoms with Crippen LogP contribution in [-0.4, -0.2) is 86.6 Å². The van der Waals surface area contributed by atoms with E-state index >= 15 is 0 Å². The zero-order valence-corrected chi connectivity index (χ0v) is 28.6. The van der Waals surface area contributed by atoms with Crippen LogP contribution < -0.4 is 0 Å². The van der Waals surface area contributed by atoms with Gasteiger partial charge in [-0.1, -0.05) is 70.2 Å². The van der Waals surface area contributed by atoms with Crippen molar-refractivity contribution in [2.45, 2.75) is 103 Å². The Bertz CT molecular complexity index is 1270. The van der Waals surface area contributed by atoms with Gasteiger partial charge < -0.3 is 24.5 Å². The maximum absolute atomic E-state index is 15.0. The minimum absolute atomic E-state index is 0.000860. The third-order valence-electron chi connectivity index (χ3n) is 10.3. The second kappa shape index (κ2) is 13.0. The van der Waals surface area contributed by atoms with Crippen LogP contribution >= 0.6 is 0 Å². The molecule has 3 aliphatic heterocycles. The van der Waals surface area contributed by atoms with Crippen molar-refractivity contribution in [2.75, 3.05) is 26.2 Å². The molecule has 0 aromatic heterocycles. The number of likely N-dealkylation sites (tertiary alicyclic amines) is 1. The molecule has 6 atom stereocenters. The van der Waals surface area contributed by atoms with Crippen LogP contribution in [0.2, 0.25) is 0 Å². The van der Waals surface area contributed by atoms with Crippen LogP contribution in [0.4, 0.5) is 0 Å². The van der Waals surface area contributed by atoms with Gasteiger partial charge in [-0.25, -0.2) is 0 Å². The molecule has 1 N–H and O–H groups in total. The fourth-order valence-electron chi connectivity index (χ4n) is 8.72. The molecule has 1 aromatic rings. The molecule has 0 aliphatic carbocycles. The number of carbonyl (C=O) groups excluding carboxylic acids is 3. The maximum atomic E-state index is 15.0. The Kier molecular flexibility index (Phi) is 10.1. The van der Waals surface area contributed by atoms with Gasteiger partial charge in [0.1, 0.15) is 11.6 Å². The number of benzene rings is 1. The van der Waals surface area contributed by atoms with E-state index < -0.39 is 34.6 Å². The topological polar surface area (TPSA) is 90.4 Å². The molecule has 8 heteroatoms. The number of hydrogen-bond acceptors (Lipinski definition) is 5. The molecular formula is C37H55N3O5. The van der Waals surface area contributed by atoms with Crippen molar-refractivity contribution in [3.8, 4) is 0 Å². The number of rotatable bonds is 14. The molecule has 0 saturated carbocycles. The van der Waals surface area contributed by atoms with Crippen LogP contribution in [0.25, 0.3) is 0 Å². The van der Waals surface area contributed by atoms with E-state index in [2.05, 4.69) is 54.7 Å². The number of aliphatic hydroxyl groups excluding tert-OH is 1. The van der Waals surface area contributed by atoms with E-state index in [0.29, 0.717) is 45.4 Å². The smallest absolute Gasteiger partial charge is 0.249 e. The molecule has 0 radical (unpaired) electrons. The first-order valence-corrected chi connectivity index (χ1v) is 16.6. The van der Waals surface area contributed by atoms with Gasteiger partial charge in [0.25, 0.3) is 0 Å². The first-order chi connectivity index (χ1) is 21.1. The predicted octanol–water partition coefficient (Wildman–Crippen LogP) is 5.21.